The molecule has 0 aliphatic rings. The van der Waals surface area contributed by atoms with Crippen molar-refractivity contribution < 1.29 is 9.47 Å². The smallest absolute Gasteiger partial charge is 0.363 e. The molecule has 2 aromatic carbocycles. The third kappa shape index (κ3) is 4.94. The Labute approximate surface area is 162 Å². The number of anilines is 1. The monoisotopic (exact) mass is 379 g/mol. The maximum atomic E-state index is 11.3. The topological polar surface area (TPSA) is 101 Å². The van der Waals surface area contributed by atoms with Crippen LogP contribution in [0.15, 0.2) is 58.4 Å². The van der Waals surface area contributed by atoms with Crippen LogP contribution in [0.5, 0.6) is 11.5 Å². The third-order valence-electron chi connectivity index (χ3n) is 3.96. The molecule has 0 spiro atoms. The van der Waals surface area contributed by atoms with Crippen molar-refractivity contribution in [1.29, 1.82) is 0 Å². The maximum Gasteiger partial charge on any atom is 0.363 e. The predicted octanol–water partition coefficient (Wildman–Crippen LogP) is 2.55. The Bertz CT molecular complexity index is 1000. The summed E-state index contributed by atoms with van der Waals surface area (Å²) >= 11 is 0. The highest BCUT2D eigenvalue weighted by molar-refractivity contribution is 5.85. The highest BCUT2D eigenvalue weighted by Gasteiger charge is 2.09. The number of H-pyrrole nitrogens is 1. The van der Waals surface area contributed by atoms with Crippen molar-refractivity contribution in [3.8, 4) is 11.5 Å². The average molecular weight is 379 g/mol. The van der Waals surface area contributed by atoms with E-state index in [2.05, 4.69) is 37.8 Å². The molecule has 0 aliphatic heterocycles. The van der Waals surface area contributed by atoms with E-state index in [1.54, 1.807) is 20.2 Å². The molecule has 8 heteroatoms. The van der Waals surface area contributed by atoms with E-state index in [-0.39, 0.29) is 5.82 Å². The lowest BCUT2D eigenvalue weighted by Gasteiger charge is -2.13. The van der Waals surface area contributed by atoms with Gasteiger partial charge < -0.3 is 9.47 Å². The second-order valence-electron chi connectivity index (χ2n) is 5.91. The lowest BCUT2D eigenvalue weighted by Crippen LogP contribution is -2.15. The fourth-order valence-corrected chi connectivity index (χ4v) is 2.53. The van der Waals surface area contributed by atoms with Crippen LogP contribution >= 0.6 is 0 Å². The second kappa shape index (κ2) is 9.31. The summed E-state index contributed by atoms with van der Waals surface area (Å²) < 4.78 is 11.4. The molecule has 0 bridgehead atoms. The third-order valence-corrected chi connectivity index (χ3v) is 3.96. The first-order chi connectivity index (χ1) is 13.7. The molecule has 8 nitrogen and oxygen atoms in total. The average Bonchev–Trinajstić information content (AvgIpc) is 2.72. The molecule has 2 N–H and O–H groups in total. The van der Waals surface area contributed by atoms with E-state index in [1.165, 1.54) is 5.56 Å². The zero-order valence-corrected chi connectivity index (χ0v) is 15.7. The molecule has 3 aromatic rings. The van der Waals surface area contributed by atoms with Gasteiger partial charge in [0.2, 0.25) is 0 Å². The standard InChI is InChI=1S/C20H21N5O3/c1-14-19(22-20(26)25-23-14)24-21-13-16-9-6-10-17(27-2)18(16)28-12-11-15-7-4-3-5-8-15/h3-10,13H,11-12H2,1-2H3,(H2,22,24,25,26). The number of rotatable bonds is 8. The first-order valence-electron chi connectivity index (χ1n) is 8.73. The summed E-state index contributed by atoms with van der Waals surface area (Å²) in [6.45, 7) is 2.21. The van der Waals surface area contributed by atoms with Crippen LogP contribution in [0.2, 0.25) is 0 Å². The number of methoxy groups -OCH3 is 1. The number of aromatic amines is 1. The van der Waals surface area contributed by atoms with Gasteiger partial charge in [-0.25, -0.2) is 9.89 Å². The van der Waals surface area contributed by atoms with Crippen molar-refractivity contribution >= 4 is 12.0 Å². The molecule has 0 amide bonds. The summed E-state index contributed by atoms with van der Waals surface area (Å²) in [6.07, 6.45) is 2.36. The van der Waals surface area contributed by atoms with Gasteiger partial charge in [-0.3, -0.25) is 5.43 Å². The first kappa shape index (κ1) is 19.1. The molecule has 0 fully saturated rings. The fraction of sp³-hybridized carbons (Fsp3) is 0.200. The van der Waals surface area contributed by atoms with Gasteiger partial charge in [-0.05, 0) is 24.6 Å². The summed E-state index contributed by atoms with van der Waals surface area (Å²) in [5.41, 5.74) is 4.64. The molecule has 144 valence electrons. The number of ether oxygens (including phenoxy) is 2. The van der Waals surface area contributed by atoms with E-state index in [1.807, 2.05) is 36.4 Å². The first-order valence-corrected chi connectivity index (χ1v) is 8.73. The van der Waals surface area contributed by atoms with Crippen molar-refractivity contribution in [1.82, 2.24) is 15.2 Å². The van der Waals surface area contributed by atoms with Gasteiger partial charge in [0.15, 0.2) is 17.3 Å². The van der Waals surface area contributed by atoms with Crippen LogP contribution in [-0.4, -0.2) is 35.1 Å². The van der Waals surface area contributed by atoms with E-state index < -0.39 is 5.69 Å². The predicted molar refractivity (Wildman–Crippen MR) is 107 cm³/mol. The van der Waals surface area contributed by atoms with Gasteiger partial charge in [0.05, 0.1) is 19.9 Å². The molecule has 0 atom stereocenters. The van der Waals surface area contributed by atoms with E-state index in [4.69, 9.17) is 9.47 Å². The Kier molecular flexibility index (Phi) is 6.35. The van der Waals surface area contributed by atoms with Crippen molar-refractivity contribution in [2.24, 2.45) is 5.10 Å². The van der Waals surface area contributed by atoms with Crippen molar-refractivity contribution in [2.75, 3.05) is 19.1 Å². The number of benzene rings is 2. The van der Waals surface area contributed by atoms with Gasteiger partial charge in [0, 0.05) is 12.0 Å². The number of hydrogen-bond acceptors (Lipinski definition) is 7. The number of nitrogens with zero attached hydrogens (tertiary/aromatic N) is 3. The Balaban J connectivity index is 1.73. The van der Waals surface area contributed by atoms with Gasteiger partial charge in [0.1, 0.15) is 5.69 Å². The SMILES string of the molecule is COc1cccc(C=NNc2nc(=O)[nH]nc2C)c1OCCc1ccccc1. The largest absolute Gasteiger partial charge is 0.493 e. The van der Waals surface area contributed by atoms with Crippen molar-refractivity contribution in [3.05, 3.63) is 75.8 Å². The molecule has 28 heavy (non-hydrogen) atoms. The second-order valence-corrected chi connectivity index (χ2v) is 5.91. The molecular formula is C20H21N5O3. The van der Waals surface area contributed by atoms with Crippen LogP contribution in [-0.2, 0) is 6.42 Å². The molecule has 0 aliphatic carbocycles. The number of para-hydroxylation sites is 1. The van der Waals surface area contributed by atoms with Crippen LogP contribution in [0.4, 0.5) is 5.82 Å². The summed E-state index contributed by atoms with van der Waals surface area (Å²) in [5, 5.41) is 10.3. The minimum atomic E-state index is -0.547. The Hall–Kier alpha value is -3.68. The van der Waals surface area contributed by atoms with Crippen LogP contribution in [0.1, 0.15) is 16.8 Å². The van der Waals surface area contributed by atoms with E-state index in [0.29, 0.717) is 23.8 Å². The zero-order valence-electron chi connectivity index (χ0n) is 15.7. The highest BCUT2D eigenvalue weighted by Crippen LogP contribution is 2.30. The summed E-state index contributed by atoms with van der Waals surface area (Å²) in [4.78, 5) is 15.1. The van der Waals surface area contributed by atoms with Crippen LogP contribution < -0.4 is 20.6 Å². The fourth-order valence-electron chi connectivity index (χ4n) is 2.53. The Morgan fingerprint density at radius 2 is 2.00 bits per heavy atom. The number of nitrogens with one attached hydrogen (secondary N) is 2. The molecule has 1 heterocycles. The molecule has 3 rings (SSSR count). The molecule has 0 radical (unpaired) electrons. The Morgan fingerprint density at radius 1 is 1.18 bits per heavy atom. The Morgan fingerprint density at radius 3 is 2.79 bits per heavy atom. The summed E-state index contributed by atoms with van der Waals surface area (Å²) in [5.74, 6) is 1.50. The molecular weight excluding hydrogens is 358 g/mol. The minimum Gasteiger partial charge on any atom is -0.493 e. The van der Waals surface area contributed by atoms with Crippen LogP contribution in [0, 0.1) is 6.92 Å². The number of hydrogen-bond donors (Lipinski definition) is 2. The number of hydrazone groups is 1. The zero-order chi connectivity index (χ0) is 19.8. The summed E-state index contributed by atoms with van der Waals surface area (Å²) in [7, 11) is 1.59. The molecule has 0 unspecified atom stereocenters. The van der Waals surface area contributed by atoms with Crippen LogP contribution in [0.3, 0.4) is 0 Å². The normalized spacial score (nSPS) is 10.8. The number of aromatic nitrogens is 3. The van der Waals surface area contributed by atoms with E-state index in [9.17, 15) is 4.79 Å². The van der Waals surface area contributed by atoms with E-state index >= 15 is 0 Å². The summed E-state index contributed by atoms with van der Waals surface area (Å²) in [6, 6.07) is 15.6. The van der Waals surface area contributed by atoms with Gasteiger partial charge in [-0.2, -0.15) is 15.2 Å². The lowest BCUT2D eigenvalue weighted by atomic mass is 10.1. The lowest BCUT2D eigenvalue weighted by molar-refractivity contribution is 0.297. The van der Waals surface area contributed by atoms with E-state index in [0.717, 1.165) is 12.0 Å². The minimum absolute atomic E-state index is 0.287. The molecule has 1 aromatic heterocycles. The molecule has 0 saturated carbocycles. The van der Waals surface area contributed by atoms with Gasteiger partial charge in [-0.15, -0.1) is 0 Å². The maximum absolute atomic E-state index is 11.3. The highest BCUT2D eigenvalue weighted by atomic mass is 16.5. The quantitative estimate of drug-likeness (QED) is 0.461. The van der Waals surface area contributed by atoms with Crippen molar-refractivity contribution in [3.63, 3.8) is 0 Å². The van der Waals surface area contributed by atoms with Crippen LogP contribution in [0.25, 0.3) is 0 Å². The van der Waals surface area contributed by atoms with Gasteiger partial charge in [-0.1, -0.05) is 36.4 Å². The van der Waals surface area contributed by atoms with Crippen molar-refractivity contribution in [2.45, 2.75) is 13.3 Å². The van der Waals surface area contributed by atoms with Gasteiger partial charge >= 0.3 is 5.69 Å². The van der Waals surface area contributed by atoms with Gasteiger partial charge in [0.25, 0.3) is 0 Å². The number of aryl methyl sites for hydroxylation is 1. The molecule has 0 saturated heterocycles.